The molecule has 0 aromatic rings. The third-order valence-electron chi connectivity index (χ3n) is 1.68. The average Bonchev–Trinajstić information content (AvgIpc) is 1.94. The van der Waals surface area contributed by atoms with Gasteiger partial charge in [-0.15, -0.1) is 0 Å². The topological polar surface area (TPSA) is 20.2 Å². The first kappa shape index (κ1) is 6.09. The van der Waals surface area contributed by atoms with Crippen LogP contribution in [0.15, 0.2) is 0 Å². The van der Waals surface area contributed by atoms with Crippen LogP contribution in [-0.4, -0.2) is 5.11 Å². The van der Waals surface area contributed by atoms with E-state index in [9.17, 15) is 0 Å². The van der Waals surface area contributed by atoms with Crippen molar-refractivity contribution >= 4 is 0 Å². The maximum atomic E-state index is 9.01. The van der Waals surface area contributed by atoms with E-state index in [0.717, 1.165) is 18.9 Å². The summed E-state index contributed by atoms with van der Waals surface area (Å²) in [6.07, 6.45) is 7.66. The van der Waals surface area contributed by atoms with Gasteiger partial charge in [0.25, 0.3) is 0 Å². The van der Waals surface area contributed by atoms with Gasteiger partial charge in [-0.2, -0.15) is 0 Å². The number of hydrogen-bond acceptors (Lipinski definition) is 1. The fourth-order valence-corrected chi connectivity index (χ4v) is 1.14. The van der Waals surface area contributed by atoms with Crippen molar-refractivity contribution in [3.8, 4) is 0 Å². The average molecular weight is 113 g/mol. The van der Waals surface area contributed by atoms with Gasteiger partial charge in [0.2, 0.25) is 0 Å². The van der Waals surface area contributed by atoms with E-state index >= 15 is 0 Å². The number of aliphatic hydroxyl groups is 1. The summed E-state index contributed by atoms with van der Waals surface area (Å²) in [4.78, 5) is 0. The molecule has 0 atom stereocenters. The minimum Gasteiger partial charge on any atom is -0.387 e. The lowest BCUT2D eigenvalue weighted by atomic mass is 10.2. The van der Waals surface area contributed by atoms with Crippen LogP contribution in [0.2, 0.25) is 0 Å². The lowest BCUT2D eigenvalue weighted by Crippen LogP contribution is -1.90. The Morgan fingerprint density at radius 2 is 1.38 bits per heavy atom. The molecule has 0 aromatic heterocycles. The van der Waals surface area contributed by atoms with Crippen molar-refractivity contribution in [1.82, 2.24) is 0 Å². The second-order valence-corrected chi connectivity index (χ2v) is 2.48. The summed E-state index contributed by atoms with van der Waals surface area (Å²) >= 11 is 0. The van der Waals surface area contributed by atoms with Gasteiger partial charge in [0.15, 0.2) is 0 Å². The molecule has 1 radical (unpaired) electrons. The van der Waals surface area contributed by atoms with Gasteiger partial charge in [0, 0.05) is 0 Å². The third-order valence-corrected chi connectivity index (χ3v) is 1.68. The van der Waals surface area contributed by atoms with Crippen molar-refractivity contribution in [1.29, 1.82) is 0 Å². The lowest BCUT2D eigenvalue weighted by molar-refractivity contribution is 0.271. The van der Waals surface area contributed by atoms with Gasteiger partial charge in [-0.3, -0.25) is 0 Å². The van der Waals surface area contributed by atoms with Crippen LogP contribution in [-0.2, 0) is 0 Å². The molecule has 0 aromatic carbocycles. The SMILES string of the molecule is O[C]1CCCCCC1. The molecule has 0 spiro atoms. The van der Waals surface area contributed by atoms with E-state index in [0.29, 0.717) is 0 Å². The van der Waals surface area contributed by atoms with Gasteiger partial charge in [0.05, 0.1) is 6.10 Å². The van der Waals surface area contributed by atoms with E-state index in [1.165, 1.54) is 25.7 Å². The molecule has 0 amide bonds. The van der Waals surface area contributed by atoms with Crippen molar-refractivity contribution in [2.75, 3.05) is 0 Å². The van der Waals surface area contributed by atoms with E-state index in [-0.39, 0.29) is 0 Å². The first-order valence-corrected chi connectivity index (χ1v) is 3.43. The van der Waals surface area contributed by atoms with Gasteiger partial charge in [0.1, 0.15) is 0 Å². The molecule has 0 bridgehead atoms. The van der Waals surface area contributed by atoms with Crippen molar-refractivity contribution in [3.63, 3.8) is 0 Å². The van der Waals surface area contributed by atoms with Gasteiger partial charge < -0.3 is 5.11 Å². The molecule has 0 heterocycles. The second kappa shape index (κ2) is 3.08. The van der Waals surface area contributed by atoms with Crippen LogP contribution in [0.1, 0.15) is 38.5 Å². The van der Waals surface area contributed by atoms with E-state index in [4.69, 9.17) is 5.11 Å². The Morgan fingerprint density at radius 3 is 1.88 bits per heavy atom. The summed E-state index contributed by atoms with van der Waals surface area (Å²) < 4.78 is 0. The van der Waals surface area contributed by atoms with Gasteiger partial charge in [-0.1, -0.05) is 25.7 Å². The third kappa shape index (κ3) is 1.83. The van der Waals surface area contributed by atoms with Crippen LogP contribution >= 0.6 is 0 Å². The first-order valence-electron chi connectivity index (χ1n) is 3.43. The van der Waals surface area contributed by atoms with Gasteiger partial charge in [-0.05, 0) is 12.8 Å². The number of hydrogen-bond donors (Lipinski definition) is 1. The van der Waals surface area contributed by atoms with Gasteiger partial charge in [-0.25, -0.2) is 0 Å². The predicted octanol–water partition coefficient (Wildman–Crippen LogP) is 2.25. The van der Waals surface area contributed by atoms with Crippen molar-refractivity contribution in [2.45, 2.75) is 38.5 Å². The highest BCUT2D eigenvalue weighted by molar-refractivity contribution is 4.77. The molecule has 1 rings (SSSR count). The van der Waals surface area contributed by atoms with Crippen LogP contribution in [0.25, 0.3) is 0 Å². The largest absolute Gasteiger partial charge is 0.387 e. The molecule has 0 unspecified atom stereocenters. The highest BCUT2D eigenvalue weighted by Crippen LogP contribution is 2.21. The van der Waals surface area contributed by atoms with E-state index in [2.05, 4.69) is 0 Å². The number of aliphatic hydroxyl groups excluding tert-OH is 1. The highest BCUT2D eigenvalue weighted by atomic mass is 16.3. The zero-order valence-corrected chi connectivity index (χ0v) is 5.19. The summed E-state index contributed by atoms with van der Waals surface area (Å²) in [5.41, 5.74) is 0. The highest BCUT2D eigenvalue weighted by Gasteiger charge is 2.07. The lowest BCUT2D eigenvalue weighted by Gasteiger charge is -2.00. The van der Waals surface area contributed by atoms with E-state index in [1.807, 2.05) is 0 Å². The zero-order valence-electron chi connectivity index (χ0n) is 5.19. The number of rotatable bonds is 0. The zero-order chi connectivity index (χ0) is 5.82. The monoisotopic (exact) mass is 113 g/mol. The standard InChI is InChI=1S/C7H13O/c8-7-5-3-1-2-4-6-7/h8H,1-6H2. The molecule has 1 nitrogen and oxygen atoms in total. The van der Waals surface area contributed by atoms with Crippen LogP contribution in [0, 0.1) is 6.10 Å². The van der Waals surface area contributed by atoms with Gasteiger partial charge >= 0.3 is 0 Å². The van der Waals surface area contributed by atoms with Crippen molar-refractivity contribution in [2.24, 2.45) is 0 Å². The molecule has 47 valence electrons. The molecule has 1 saturated carbocycles. The Hall–Kier alpha value is -0.0400. The maximum absolute atomic E-state index is 9.01. The molecule has 1 N–H and O–H groups in total. The Balaban J connectivity index is 2.17. The van der Waals surface area contributed by atoms with Crippen molar-refractivity contribution < 1.29 is 5.11 Å². The molecule has 1 heteroatoms. The molecular formula is C7H13O. The molecular weight excluding hydrogens is 100 g/mol. The fourth-order valence-electron chi connectivity index (χ4n) is 1.14. The first-order chi connectivity index (χ1) is 3.89. The Labute approximate surface area is 50.7 Å². The molecule has 0 saturated heterocycles. The predicted molar refractivity (Wildman–Crippen MR) is 32.9 cm³/mol. The minimum atomic E-state index is 0.725. The van der Waals surface area contributed by atoms with Crippen LogP contribution < -0.4 is 0 Å². The fraction of sp³-hybridized carbons (Fsp3) is 0.857. The van der Waals surface area contributed by atoms with E-state index in [1.54, 1.807) is 0 Å². The Bertz CT molecular complexity index is 53.4. The molecule has 0 aliphatic heterocycles. The van der Waals surface area contributed by atoms with Crippen LogP contribution in [0.5, 0.6) is 0 Å². The summed E-state index contributed by atoms with van der Waals surface area (Å²) in [6.45, 7) is 0. The van der Waals surface area contributed by atoms with E-state index < -0.39 is 0 Å². The molecule has 1 fully saturated rings. The summed E-state index contributed by atoms with van der Waals surface area (Å²) in [6, 6.07) is 0. The van der Waals surface area contributed by atoms with Crippen LogP contribution in [0.4, 0.5) is 0 Å². The quantitative estimate of drug-likeness (QED) is 0.478. The van der Waals surface area contributed by atoms with Crippen molar-refractivity contribution in [3.05, 3.63) is 6.10 Å². The van der Waals surface area contributed by atoms with Crippen LogP contribution in [0.3, 0.4) is 0 Å². The maximum Gasteiger partial charge on any atom is 0.0933 e. The minimum absolute atomic E-state index is 0.725. The summed E-state index contributed by atoms with van der Waals surface area (Å²) in [5, 5.41) is 9.01. The summed E-state index contributed by atoms with van der Waals surface area (Å²) in [5.74, 6) is 0. The molecule has 1 aliphatic carbocycles. The normalized spacial score (nSPS) is 25.1. The molecule has 8 heavy (non-hydrogen) atoms. The smallest absolute Gasteiger partial charge is 0.0933 e. The summed E-state index contributed by atoms with van der Waals surface area (Å²) in [7, 11) is 0. The Kier molecular flexibility index (Phi) is 2.34. The second-order valence-electron chi connectivity index (χ2n) is 2.48. The Morgan fingerprint density at radius 1 is 0.875 bits per heavy atom. The molecule has 1 aliphatic rings.